The molecule has 0 aromatic heterocycles. The molecule has 0 bridgehead atoms. The minimum Gasteiger partial charge on any atom is -0.342 e. The Morgan fingerprint density at radius 3 is 2.33 bits per heavy atom. The van der Waals surface area contributed by atoms with E-state index in [4.69, 9.17) is 0 Å². The zero-order valence-electron chi connectivity index (χ0n) is 15.0. The Morgan fingerprint density at radius 1 is 1.17 bits per heavy atom. The van der Waals surface area contributed by atoms with Crippen molar-refractivity contribution in [2.45, 2.75) is 20.3 Å². The number of carbonyl (C=O) groups excluding carboxylic acids is 2. The normalized spacial score (nSPS) is 26.1. The smallest absolute Gasteiger partial charge is 0.319 e. The minimum atomic E-state index is -3.37. The summed E-state index contributed by atoms with van der Waals surface area (Å²) in [5.41, 5.74) is -0.530. The maximum Gasteiger partial charge on any atom is 0.319 e. The number of hydrogen-bond acceptors (Lipinski definition) is 4. The second kappa shape index (κ2) is 6.87. The van der Waals surface area contributed by atoms with E-state index in [2.05, 4.69) is 0 Å². The maximum absolute atomic E-state index is 12.4. The predicted molar refractivity (Wildman–Crippen MR) is 91.0 cm³/mol. The number of hydrogen-bond donors (Lipinski definition) is 0. The van der Waals surface area contributed by atoms with Crippen LogP contribution in [0.3, 0.4) is 0 Å². The van der Waals surface area contributed by atoms with Gasteiger partial charge in [-0.3, -0.25) is 4.79 Å². The summed E-state index contributed by atoms with van der Waals surface area (Å²) in [7, 11) is -0.00881. The maximum atomic E-state index is 12.4. The molecule has 2 fully saturated rings. The first-order valence-corrected chi connectivity index (χ1v) is 9.97. The first-order valence-electron chi connectivity index (χ1n) is 8.36. The number of nitrogens with zero attached hydrogens (tertiary/aromatic N) is 4. The van der Waals surface area contributed by atoms with Crippen molar-refractivity contribution in [1.29, 1.82) is 0 Å². The van der Waals surface area contributed by atoms with E-state index in [1.807, 2.05) is 6.92 Å². The molecule has 0 N–H and O–H groups in total. The van der Waals surface area contributed by atoms with Gasteiger partial charge in [-0.05, 0) is 13.8 Å². The molecule has 2 aliphatic heterocycles. The summed E-state index contributed by atoms with van der Waals surface area (Å²) in [5, 5.41) is 0. The van der Waals surface area contributed by atoms with Crippen LogP contribution in [-0.4, -0.2) is 98.5 Å². The molecule has 0 radical (unpaired) electrons. The van der Waals surface area contributed by atoms with E-state index >= 15 is 0 Å². The molecule has 2 heterocycles. The van der Waals surface area contributed by atoms with Crippen LogP contribution in [0.2, 0.25) is 0 Å². The van der Waals surface area contributed by atoms with Gasteiger partial charge in [0, 0.05) is 65.2 Å². The fourth-order valence-electron chi connectivity index (χ4n) is 3.57. The van der Waals surface area contributed by atoms with Gasteiger partial charge in [0.25, 0.3) is 0 Å². The van der Waals surface area contributed by atoms with E-state index in [-0.39, 0.29) is 30.7 Å². The number of amides is 3. The molecule has 1 spiro atoms. The van der Waals surface area contributed by atoms with Crippen molar-refractivity contribution in [3.05, 3.63) is 0 Å². The highest BCUT2D eigenvalue weighted by atomic mass is 32.2. The van der Waals surface area contributed by atoms with Crippen molar-refractivity contribution < 1.29 is 18.0 Å². The monoisotopic (exact) mass is 360 g/mol. The third-order valence-electron chi connectivity index (χ3n) is 4.86. The van der Waals surface area contributed by atoms with E-state index in [0.29, 0.717) is 32.7 Å². The van der Waals surface area contributed by atoms with Gasteiger partial charge in [-0.2, -0.15) is 4.31 Å². The first kappa shape index (κ1) is 19.0. The Bertz CT molecular complexity index is 607. The Balaban J connectivity index is 2.35. The molecule has 24 heavy (non-hydrogen) atoms. The SMILES string of the molecule is CCN1C[C@@]2(CC1=O)CN(C(=O)N(C)C)CCN(S(=O)(=O)CC)C2. The van der Waals surface area contributed by atoms with Crippen LogP contribution in [0.25, 0.3) is 0 Å². The summed E-state index contributed by atoms with van der Waals surface area (Å²) in [6.45, 7) is 5.95. The van der Waals surface area contributed by atoms with Gasteiger partial charge in [-0.15, -0.1) is 0 Å². The molecule has 3 amide bonds. The number of carbonyl (C=O) groups is 2. The topological polar surface area (TPSA) is 81.2 Å². The molecular formula is C15H28N4O4S. The molecule has 0 aromatic carbocycles. The number of urea groups is 1. The highest BCUT2D eigenvalue weighted by Crippen LogP contribution is 2.36. The lowest BCUT2D eigenvalue weighted by molar-refractivity contribution is -0.127. The summed E-state index contributed by atoms with van der Waals surface area (Å²) in [5.74, 6) is 0.0568. The zero-order valence-corrected chi connectivity index (χ0v) is 15.8. The van der Waals surface area contributed by atoms with Crippen LogP contribution >= 0.6 is 0 Å². The molecule has 138 valence electrons. The third kappa shape index (κ3) is 3.66. The molecule has 2 rings (SSSR count). The van der Waals surface area contributed by atoms with E-state index in [1.54, 1.807) is 30.8 Å². The molecule has 2 saturated heterocycles. The first-order chi connectivity index (χ1) is 11.1. The summed E-state index contributed by atoms with van der Waals surface area (Å²) < 4.78 is 26.3. The van der Waals surface area contributed by atoms with Crippen LogP contribution < -0.4 is 0 Å². The van der Waals surface area contributed by atoms with Gasteiger partial charge < -0.3 is 14.7 Å². The zero-order chi connectivity index (χ0) is 18.1. The van der Waals surface area contributed by atoms with Crippen LogP contribution in [0, 0.1) is 5.41 Å². The molecule has 0 aliphatic carbocycles. The van der Waals surface area contributed by atoms with Gasteiger partial charge in [0.05, 0.1) is 5.75 Å². The number of likely N-dealkylation sites (tertiary alicyclic amines) is 1. The van der Waals surface area contributed by atoms with Crippen molar-refractivity contribution in [3.8, 4) is 0 Å². The fourth-order valence-corrected chi connectivity index (χ4v) is 4.76. The van der Waals surface area contributed by atoms with Crippen molar-refractivity contribution in [2.75, 3.05) is 59.1 Å². The number of rotatable bonds is 3. The summed E-state index contributed by atoms with van der Waals surface area (Å²) >= 11 is 0. The Kier molecular flexibility index (Phi) is 5.44. The van der Waals surface area contributed by atoms with Crippen LogP contribution in [0.15, 0.2) is 0 Å². The lowest BCUT2D eigenvalue weighted by Gasteiger charge is -2.34. The Hall–Kier alpha value is -1.35. The average molecular weight is 360 g/mol. The summed E-state index contributed by atoms with van der Waals surface area (Å²) in [4.78, 5) is 29.6. The minimum absolute atomic E-state index is 0.0240. The van der Waals surface area contributed by atoms with Gasteiger partial charge in [0.2, 0.25) is 15.9 Å². The van der Waals surface area contributed by atoms with Gasteiger partial charge in [0.1, 0.15) is 0 Å². The van der Waals surface area contributed by atoms with Crippen molar-refractivity contribution in [1.82, 2.24) is 19.0 Å². The molecule has 8 nitrogen and oxygen atoms in total. The molecule has 1 atom stereocenters. The molecular weight excluding hydrogens is 332 g/mol. The average Bonchev–Trinajstić information content (AvgIpc) is 2.71. The summed E-state index contributed by atoms with van der Waals surface area (Å²) in [6, 6.07) is -0.146. The van der Waals surface area contributed by atoms with Crippen LogP contribution in [0.1, 0.15) is 20.3 Å². The number of sulfonamides is 1. The van der Waals surface area contributed by atoms with E-state index in [1.165, 1.54) is 9.21 Å². The van der Waals surface area contributed by atoms with E-state index < -0.39 is 15.4 Å². The molecule has 2 aliphatic rings. The molecule has 0 aromatic rings. The Labute approximate surface area is 144 Å². The second-order valence-corrected chi connectivity index (χ2v) is 9.17. The standard InChI is InChI=1S/C15H28N4O4S/c1-5-17-10-15(9-13(17)20)11-18(14(21)16(3)4)7-8-19(12-15)24(22,23)6-2/h5-12H2,1-4H3/t15-/m0/s1. The third-order valence-corrected chi connectivity index (χ3v) is 6.68. The van der Waals surface area contributed by atoms with Crippen molar-refractivity contribution >= 4 is 22.0 Å². The van der Waals surface area contributed by atoms with Crippen molar-refractivity contribution in [3.63, 3.8) is 0 Å². The van der Waals surface area contributed by atoms with E-state index in [0.717, 1.165) is 0 Å². The van der Waals surface area contributed by atoms with Gasteiger partial charge >= 0.3 is 6.03 Å². The van der Waals surface area contributed by atoms with Crippen LogP contribution in [0.5, 0.6) is 0 Å². The van der Waals surface area contributed by atoms with Crippen molar-refractivity contribution in [2.24, 2.45) is 5.41 Å². The second-order valence-electron chi connectivity index (χ2n) is 6.92. The molecule has 0 unspecified atom stereocenters. The van der Waals surface area contributed by atoms with Gasteiger partial charge in [0.15, 0.2) is 0 Å². The highest BCUT2D eigenvalue weighted by Gasteiger charge is 2.48. The largest absolute Gasteiger partial charge is 0.342 e. The lowest BCUT2D eigenvalue weighted by Crippen LogP contribution is -2.47. The van der Waals surface area contributed by atoms with Crippen LogP contribution in [0.4, 0.5) is 4.79 Å². The summed E-state index contributed by atoms with van der Waals surface area (Å²) in [6.07, 6.45) is 0.285. The predicted octanol–water partition coefficient (Wildman–Crippen LogP) is -0.126. The highest BCUT2D eigenvalue weighted by molar-refractivity contribution is 7.89. The lowest BCUT2D eigenvalue weighted by atomic mass is 9.86. The van der Waals surface area contributed by atoms with Gasteiger partial charge in [-0.1, -0.05) is 0 Å². The molecule has 0 saturated carbocycles. The van der Waals surface area contributed by atoms with Crippen LogP contribution in [-0.2, 0) is 14.8 Å². The fraction of sp³-hybridized carbons (Fsp3) is 0.867. The molecule has 9 heteroatoms. The van der Waals surface area contributed by atoms with Gasteiger partial charge in [-0.25, -0.2) is 13.2 Å². The quantitative estimate of drug-likeness (QED) is 0.702. The van der Waals surface area contributed by atoms with E-state index in [9.17, 15) is 18.0 Å². The Morgan fingerprint density at radius 2 is 1.83 bits per heavy atom.